The van der Waals surface area contributed by atoms with E-state index in [2.05, 4.69) is 38.1 Å². The lowest BCUT2D eigenvalue weighted by molar-refractivity contribution is -0.117. The van der Waals surface area contributed by atoms with Gasteiger partial charge in [-0.15, -0.1) is 0 Å². The zero-order valence-corrected chi connectivity index (χ0v) is 20.8. The highest BCUT2D eigenvalue weighted by atomic mass is 35.5. The second-order valence-electron chi connectivity index (χ2n) is 9.40. The first kappa shape index (κ1) is 24.0. The largest absolute Gasteiger partial charge is 0.462 e. The zero-order valence-electron chi connectivity index (χ0n) is 20.0. The quantitative estimate of drug-likeness (QED) is 0.352. The molecule has 0 saturated heterocycles. The van der Waals surface area contributed by atoms with E-state index >= 15 is 0 Å². The van der Waals surface area contributed by atoms with Gasteiger partial charge in [0.2, 0.25) is 0 Å². The van der Waals surface area contributed by atoms with E-state index < -0.39 is 5.92 Å². The predicted octanol–water partition coefficient (Wildman–Crippen LogP) is 7.35. The Morgan fingerprint density at radius 1 is 0.971 bits per heavy atom. The Morgan fingerprint density at radius 3 is 2.24 bits per heavy atom. The van der Waals surface area contributed by atoms with Crippen LogP contribution in [-0.2, 0) is 14.9 Å². The molecule has 0 fully saturated rings. The number of rotatable bonds is 6. The second-order valence-corrected chi connectivity index (χ2v) is 9.84. The third-order valence-electron chi connectivity index (χ3n) is 6.53. The van der Waals surface area contributed by atoms with Gasteiger partial charge in [-0.05, 0) is 89.4 Å². The van der Waals surface area contributed by atoms with Crippen molar-refractivity contribution in [3.8, 4) is 0 Å². The summed E-state index contributed by atoms with van der Waals surface area (Å²) in [6.45, 7) is 8.21. The second kappa shape index (κ2) is 9.60. The fraction of sp³-hybridized carbons (Fsp3) is 0.267. The standard InChI is InChI=1S/C30H29ClO3/c1-5-34-29(33)22-8-6-21(7-9-22)28(19(2)32)23-12-15-27-26(18-23)25(16-17-30(27,3)4)20-10-13-24(31)14-11-20/h6-16,18,28H,5,17H2,1-4H3. The molecule has 34 heavy (non-hydrogen) atoms. The average Bonchev–Trinajstić information content (AvgIpc) is 2.80. The Morgan fingerprint density at radius 2 is 1.62 bits per heavy atom. The molecule has 0 bridgehead atoms. The highest BCUT2D eigenvalue weighted by Gasteiger charge is 2.30. The van der Waals surface area contributed by atoms with Crippen LogP contribution < -0.4 is 0 Å². The highest BCUT2D eigenvalue weighted by molar-refractivity contribution is 6.30. The van der Waals surface area contributed by atoms with E-state index in [1.807, 2.05) is 36.4 Å². The van der Waals surface area contributed by atoms with Crippen molar-refractivity contribution in [2.75, 3.05) is 6.61 Å². The maximum absolute atomic E-state index is 12.8. The molecule has 0 N–H and O–H groups in total. The summed E-state index contributed by atoms with van der Waals surface area (Å²) in [5.41, 5.74) is 6.95. The molecule has 3 aromatic rings. The van der Waals surface area contributed by atoms with Crippen LogP contribution in [0, 0.1) is 0 Å². The first-order valence-corrected chi connectivity index (χ1v) is 12.0. The third-order valence-corrected chi connectivity index (χ3v) is 6.78. The van der Waals surface area contributed by atoms with Gasteiger partial charge in [0.15, 0.2) is 0 Å². The molecule has 0 aliphatic heterocycles. The van der Waals surface area contributed by atoms with Gasteiger partial charge in [0.05, 0.1) is 18.1 Å². The lowest BCUT2D eigenvalue weighted by Crippen LogP contribution is -2.22. The van der Waals surface area contributed by atoms with Gasteiger partial charge in [-0.2, -0.15) is 0 Å². The average molecular weight is 473 g/mol. The Hall–Kier alpha value is -3.17. The van der Waals surface area contributed by atoms with Crippen LogP contribution in [0.1, 0.15) is 78.2 Å². The third kappa shape index (κ3) is 4.71. The van der Waals surface area contributed by atoms with Crippen LogP contribution in [0.2, 0.25) is 5.02 Å². The lowest BCUT2D eigenvalue weighted by Gasteiger charge is -2.33. The molecular formula is C30H29ClO3. The zero-order chi connectivity index (χ0) is 24.5. The number of ketones is 1. The van der Waals surface area contributed by atoms with Crippen molar-refractivity contribution in [1.82, 2.24) is 0 Å². The number of Topliss-reactive ketones (excluding diaryl/α,β-unsaturated/α-hetero) is 1. The van der Waals surface area contributed by atoms with Crippen LogP contribution in [0.3, 0.4) is 0 Å². The molecule has 4 heteroatoms. The van der Waals surface area contributed by atoms with Crippen molar-refractivity contribution in [1.29, 1.82) is 0 Å². The van der Waals surface area contributed by atoms with Gasteiger partial charge in [-0.25, -0.2) is 4.79 Å². The number of hydrogen-bond acceptors (Lipinski definition) is 3. The van der Waals surface area contributed by atoms with Crippen LogP contribution in [0.15, 0.2) is 72.8 Å². The van der Waals surface area contributed by atoms with Crippen molar-refractivity contribution in [3.05, 3.63) is 111 Å². The van der Waals surface area contributed by atoms with E-state index in [4.69, 9.17) is 16.3 Å². The summed E-state index contributed by atoms with van der Waals surface area (Å²) in [5.74, 6) is -0.726. The van der Waals surface area contributed by atoms with Crippen molar-refractivity contribution in [2.24, 2.45) is 0 Å². The van der Waals surface area contributed by atoms with Gasteiger partial charge in [0, 0.05) is 5.02 Å². The highest BCUT2D eigenvalue weighted by Crippen LogP contribution is 2.43. The van der Waals surface area contributed by atoms with Crippen molar-refractivity contribution in [2.45, 2.75) is 45.4 Å². The molecular weight excluding hydrogens is 444 g/mol. The van der Waals surface area contributed by atoms with E-state index in [9.17, 15) is 9.59 Å². The monoisotopic (exact) mass is 472 g/mol. The Balaban J connectivity index is 1.78. The molecule has 174 valence electrons. The number of carbonyl (C=O) groups excluding carboxylic acids is 2. The minimum absolute atomic E-state index is 0.00318. The van der Waals surface area contributed by atoms with Crippen LogP contribution in [0.25, 0.3) is 5.57 Å². The Bertz CT molecular complexity index is 1250. The smallest absolute Gasteiger partial charge is 0.338 e. The Kier molecular flexibility index (Phi) is 6.77. The van der Waals surface area contributed by atoms with Crippen LogP contribution in [0.5, 0.6) is 0 Å². The molecule has 1 atom stereocenters. The maximum atomic E-state index is 12.8. The number of allylic oxidation sites excluding steroid dienone is 1. The molecule has 3 nitrogen and oxygen atoms in total. The molecule has 3 aromatic carbocycles. The van der Waals surface area contributed by atoms with E-state index in [0.717, 1.165) is 34.2 Å². The number of hydrogen-bond donors (Lipinski definition) is 0. The van der Waals surface area contributed by atoms with Gasteiger partial charge >= 0.3 is 5.97 Å². The van der Waals surface area contributed by atoms with E-state index in [1.165, 1.54) is 5.56 Å². The summed E-state index contributed by atoms with van der Waals surface area (Å²) in [4.78, 5) is 24.9. The molecule has 0 spiro atoms. The van der Waals surface area contributed by atoms with Gasteiger partial charge in [-0.1, -0.05) is 67.9 Å². The fourth-order valence-electron chi connectivity index (χ4n) is 4.72. The first-order chi connectivity index (χ1) is 16.2. The molecule has 0 radical (unpaired) electrons. The summed E-state index contributed by atoms with van der Waals surface area (Å²) in [6.07, 6.45) is 3.22. The summed E-state index contributed by atoms with van der Waals surface area (Å²) < 4.78 is 5.08. The predicted molar refractivity (Wildman–Crippen MR) is 138 cm³/mol. The maximum Gasteiger partial charge on any atom is 0.338 e. The SMILES string of the molecule is CCOC(=O)c1ccc(C(C(C)=O)c2ccc3c(c2)C(c2ccc(Cl)cc2)=CCC3(C)C)cc1. The van der Waals surface area contributed by atoms with Crippen molar-refractivity contribution >= 4 is 28.9 Å². The summed E-state index contributed by atoms with van der Waals surface area (Å²) in [5, 5.41) is 0.706. The van der Waals surface area contributed by atoms with Crippen molar-refractivity contribution < 1.29 is 14.3 Å². The fourth-order valence-corrected chi connectivity index (χ4v) is 4.85. The molecule has 0 saturated carbocycles. The van der Waals surface area contributed by atoms with E-state index in [-0.39, 0.29) is 17.2 Å². The summed E-state index contributed by atoms with van der Waals surface area (Å²) in [7, 11) is 0. The minimum Gasteiger partial charge on any atom is -0.462 e. The number of ether oxygens (including phenoxy) is 1. The van der Waals surface area contributed by atoms with Gasteiger partial charge in [-0.3, -0.25) is 4.79 Å². The molecule has 1 aliphatic rings. The van der Waals surface area contributed by atoms with Gasteiger partial charge < -0.3 is 4.74 Å². The van der Waals surface area contributed by atoms with E-state index in [1.54, 1.807) is 26.0 Å². The number of carbonyl (C=O) groups is 2. The Labute approximate surface area is 206 Å². The number of fused-ring (bicyclic) bond motifs is 1. The van der Waals surface area contributed by atoms with Gasteiger partial charge in [0.25, 0.3) is 0 Å². The topological polar surface area (TPSA) is 43.4 Å². The normalized spacial score (nSPS) is 15.1. The summed E-state index contributed by atoms with van der Waals surface area (Å²) >= 11 is 6.13. The van der Waals surface area contributed by atoms with Crippen LogP contribution in [0.4, 0.5) is 0 Å². The molecule has 1 unspecified atom stereocenters. The van der Waals surface area contributed by atoms with Gasteiger partial charge in [0.1, 0.15) is 5.78 Å². The minimum atomic E-state index is -0.418. The molecule has 1 aliphatic carbocycles. The van der Waals surface area contributed by atoms with E-state index in [0.29, 0.717) is 17.2 Å². The molecule has 0 aromatic heterocycles. The lowest BCUT2D eigenvalue weighted by atomic mass is 9.71. The number of benzene rings is 3. The van der Waals surface area contributed by atoms with Crippen molar-refractivity contribution in [3.63, 3.8) is 0 Å². The first-order valence-electron chi connectivity index (χ1n) is 11.6. The molecule has 4 rings (SSSR count). The van der Waals surface area contributed by atoms with Crippen LogP contribution in [-0.4, -0.2) is 18.4 Å². The summed E-state index contributed by atoms with van der Waals surface area (Å²) in [6, 6.07) is 21.4. The number of halogens is 1. The number of esters is 1. The molecule has 0 heterocycles. The van der Waals surface area contributed by atoms with Crippen LogP contribution >= 0.6 is 11.6 Å². The molecule has 0 amide bonds.